The Morgan fingerprint density at radius 3 is 2.58 bits per heavy atom. The van der Waals surface area contributed by atoms with Gasteiger partial charge in [0.1, 0.15) is 24.6 Å². The summed E-state index contributed by atoms with van der Waals surface area (Å²) in [5.41, 5.74) is 2.18. The summed E-state index contributed by atoms with van der Waals surface area (Å²) in [5, 5.41) is 5.68. The topological polar surface area (TPSA) is 89.1 Å². The number of anilines is 1. The number of nitrogens with zero attached hydrogens (tertiary/aromatic N) is 1. The molecule has 1 fully saturated rings. The quantitative estimate of drug-likeness (QED) is 0.619. The number of hydrogen-bond acceptors (Lipinski definition) is 6. The van der Waals surface area contributed by atoms with Crippen molar-refractivity contribution in [2.24, 2.45) is 5.92 Å². The minimum atomic E-state index is -0.616. The lowest BCUT2D eigenvalue weighted by molar-refractivity contribution is 0.0494. The molecule has 3 atom stereocenters. The van der Waals surface area contributed by atoms with E-state index in [0.29, 0.717) is 26.1 Å². The Hall–Kier alpha value is -3.49. The van der Waals surface area contributed by atoms with Crippen molar-refractivity contribution in [1.82, 2.24) is 10.6 Å². The van der Waals surface area contributed by atoms with E-state index >= 15 is 0 Å². The van der Waals surface area contributed by atoms with Gasteiger partial charge in [-0.1, -0.05) is 36.4 Å². The van der Waals surface area contributed by atoms with E-state index in [4.69, 9.17) is 14.2 Å². The molecule has 2 aromatic carbocycles. The number of carbonyl (C=O) groups is 2. The van der Waals surface area contributed by atoms with Crippen molar-refractivity contribution in [1.29, 1.82) is 0 Å². The summed E-state index contributed by atoms with van der Waals surface area (Å²) in [7, 11) is 0. The Labute approximate surface area is 211 Å². The van der Waals surface area contributed by atoms with Crippen molar-refractivity contribution < 1.29 is 28.2 Å². The molecule has 194 valence electrons. The summed E-state index contributed by atoms with van der Waals surface area (Å²) in [4.78, 5) is 26.4. The Morgan fingerprint density at radius 2 is 1.86 bits per heavy atom. The molecule has 0 aliphatic carbocycles. The third kappa shape index (κ3) is 6.80. The summed E-state index contributed by atoms with van der Waals surface area (Å²) in [6.07, 6.45) is -0.404. The molecule has 0 saturated carbocycles. The Morgan fingerprint density at radius 1 is 1.08 bits per heavy atom. The third-order valence-electron chi connectivity index (χ3n) is 6.20. The lowest BCUT2D eigenvalue weighted by Gasteiger charge is -2.28. The lowest BCUT2D eigenvalue weighted by Crippen LogP contribution is -2.43. The zero-order valence-corrected chi connectivity index (χ0v) is 21.0. The van der Waals surface area contributed by atoms with Gasteiger partial charge in [0.15, 0.2) is 0 Å². The molecule has 2 aliphatic rings. The van der Waals surface area contributed by atoms with E-state index < -0.39 is 24.5 Å². The zero-order chi connectivity index (χ0) is 25.7. The van der Waals surface area contributed by atoms with Crippen molar-refractivity contribution in [2.45, 2.75) is 51.5 Å². The fourth-order valence-electron chi connectivity index (χ4n) is 4.44. The van der Waals surface area contributed by atoms with Crippen LogP contribution >= 0.6 is 0 Å². The minimum Gasteiger partial charge on any atom is -0.491 e. The predicted molar refractivity (Wildman–Crippen MR) is 134 cm³/mol. The van der Waals surface area contributed by atoms with Crippen LogP contribution in [0.15, 0.2) is 48.5 Å². The highest BCUT2D eigenvalue weighted by Gasteiger charge is 2.35. The van der Waals surface area contributed by atoms with Gasteiger partial charge in [-0.2, -0.15) is 0 Å². The third-order valence-corrected chi connectivity index (χ3v) is 6.20. The first-order chi connectivity index (χ1) is 17.2. The maximum atomic E-state index is 13.7. The molecular formula is C27H34FN3O5. The van der Waals surface area contributed by atoms with Gasteiger partial charge in [0, 0.05) is 30.8 Å². The molecule has 2 N–H and O–H groups in total. The normalized spacial score (nSPS) is 21.2. The monoisotopic (exact) mass is 499 g/mol. The van der Waals surface area contributed by atoms with Gasteiger partial charge in [-0.15, -0.1) is 0 Å². The van der Waals surface area contributed by atoms with E-state index in [1.165, 1.54) is 0 Å². The van der Waals surface area contributed by atoms with Gasteiger partial charge in [-0.25, -0.2) is 9.59 Å². The van der Waals surface area contributed by atoms with Crippen molar-refractivity contribution in [3.63, 3.8) is 0 Å². The molecule has 2 heterocycles. The van der Waals surface area contributed by atoms with Gasteiger partial charge in [-0.05, 0) is 44.4 Å². The molecule has 9 heteroatoms. The highest BCUT2D eigenvalue weighted by molar-refractivity contribution is 5.69. The van der Waals surface area contributed by atoms with E-state index in [2.05, 4.69) is 10.6 Å². The SMILES string of the molecule is CC(C)(C)OC(=O)NC1CN(c2ccc3c(c2)OC[C@H](NC(=O)OCc2ccccc2)C3)CC1CF. The van der Waals surface area contributed by atoms with Gasteiger partial charge >= 0.3 is 12.2 Å². The average Bonchev–Trinajstić information content (AvgIpc) is 3.24. The first kappa shape index (κ1) is 25.6. The van der Waals surface area contributed by atoms with Crippen molar-refractivity contribution in [3.8, 4) is 5.75 Å². The van der Waals surface area contributed by atoms with Crippen LogP contribution in [-0.2, 0) is 22.5 Å². The fraction of sp³-hybridized carbons (Fsp3) is 0.481. The van der Waals surface area contributed by atoms with Crippen molar-refractivity contribution in [2.75, 3.05) is 31.3 Å². The van der Waals surface area contributed by atoms with Crippen molar-refractivity contribution in [3.05, 3.63) is 59.7 Å². The van der Waals surface area contributed by atoms with Gasteiger partial charge in [0.2, 0.25) is 0 Å². The van der Waals surface area contributed by atoms with Crippen molar-refractivity contribution >= 4 is 17.9 Å². The highest BCUT2D eigenvalue weighted by atomic mass is 19.1. The van der Waals surface area contributed by atoms with E-state index in [-0.39, 0.29) is 24.6 Å². The Bertz CT molecular complexity index is 1060. The second-order valence-electron chi connectivity index (χ2n) is 10.3. The molecule has 2 amide bonds. The molecule has 2 unspecified atom stereocenters. The maximum absolute atomic E-state index is 13.7. The fourth-order valence-corrected chi connectivity index (χ4v) is 4.44. The summed E-state index contributed by atoms with van der Waals surface area (Å²) < 4.78 is 30.3. The Balaban J connectivity index is 1.31. The number of carbonyl (C=O) groups excluding carboxylic acids is 2. The maximum Gasteiger partial charge on any atom is 0.407 e. The van der Waals surface area contributed by atoms with Crippen LogP contribution in [-0.4, -0.2) is 56.2 Å². The van der Waals surface area contributed by atoms with Crippen LogP contribution in [0.2, 0.25) is 0 Å². The van der Waals surface area contributed by atoms with Crippen LogP contribution in [0.1, 0.15) is 31.9 Å². The molecule has 0 aromatic heterocycles. The standard InChI is InChI=1S/C27H34FN3O5/c1-27(2,3)36-26(33)30-23-15-31(14-20(23)13-28)22-10-9-19-11-21(17-34-24(19)12-22)29-25(32)35-16-18-7-5-4-6-8-18/h4-10,12,20-21,23H,11,13-17H2,1-3H3,(H,29,32)(H,30,33)/t20?,21-,23?/m1/s1. The average molecular weight is 500 g/mol. The van der Waals surface area contributed by atoms with Gasteiger partial charge in [0.25, 0.3) is 0 Å². The number of nitrogens with one attached hydrogen (secondary N) is 2. The summed E-state index contributed by atoms with van der Waals surface area (Å²) in [6.45, 7) is 6.33. The van der Waals surface area contributed by atoms with E-state index in [9.17, 15) is 14.0 Å². The van der Waals surface area contributed by atoms with Crippen LogP contribution in [0.3, 0.4) is 0 Å². The van der Waals surface area contributed by atoms with Crippen LogP contribution in [0, 0.1) is 5.92 Å². The summed E-state index contributed by atoms with van der Waals surface area (Å²) >= 11 is 0. The molecular weight excluding hydrogens is 465 g/mol. The number of fused-ring (bicyclic) bond motifs is 1. The molecule has 2 aliphatic heterocycles. The second kappa shape index (κ2) is 11.1. The van der Waals surface area contributed by atoms with E-state index in [1.54, 1.807) is 20.8 Å². The number of hydrogen-bond donors (Lipinski definition) is 2. The van der Waals surface area contributed by atoms with E-state index in [0.717, 1.165) is 22.6 Å². The molecule has 2 aromatic rings. The first-order valence-electron chi connectivity index (χ1n) is 12.2. The Kier molecular flexibility index (Phi) is 7.86. The highest BCUT2D eigenvalue weighted by Crippen LogP contribution is 2.32. The van der Waals surface area contributed by atoms with E-state index in [1.807, 2.05) is 53.4 Å². The summed E-state index contributed by atoms with van der Waals surface area (Å²) in [5.74, 6) is 0.411. The largest absolute Gasteiger partial charge is 0.491 e. The van der Waals surface area contributed by atoms with Crippen LogP contribution in [0.25, 0.3) is 0 Å². The van der Waals surface area contributed by atoms with Crippen LogP contribution < -0.4 is 20.3 Å². The molecule has 0 bridgehead atoms. The van der Waals surface area contributed by atoms with Gasteiger partial charge < -0.3 is 29.7 Å². The number of alkyl carbamates (subject to hydrolysis) is 2. The van der Waals surface area contributed by atoms with Gasteiger partial charge in [0.05, 0.1) is 18.8 Å². The van der Waals surface area contributed by atoms with Crippen LogP contribution in [0.4, 0.5) is 19.7 Å². The van der Waals surface area contributed by atoms with Gasteiger partial charge in [-0.3, -0.25) is 4.39 Å². The molecule has 36 heavy (non-hydrogen) atoms. The smallest absolute Gasteiger partial charge is 0.407 e. The molecule has 0 radical (unpaired) electrons. The zero-order valence-electron chi connectivity index (χ0n) is 21.0. The summed E-state index contributed by atoms with van der Waals surface area (Å²) in [6, 6.07) is 14.8. The second-order valence-corrected chi connectivity index (χ2v) is 10.3. The lowest BCUT2D eigenvalue weighted by atomic mass is 10.0. The predicted octanol–water partition coefficient (Wildman–Crippen LogP) is 4.22. The number of amides is 2. The number of benzene rings is 2. The molecule has 8 nitrogen and oxygen atoms in total. The first-order valence-corrected chi connectivity index (χ1v) is 12.2. The molecule has 4 rings (SSSR count). The molecule has 0 spiro atoms. The number of alkyl halides is 1. The number of halogens is 1. The van der Waals surface area contributed by atoms with Crippen LogP contribution in [0.5, 0.6) is 5.75 Å². The molecule has 1 saturated heterocycles. The number of ether oxygens (including phenoxy) is 3. The minimum absolute atomic E-state index is 0.197. The number of rotatable bonds is 6.